The number of ether oxygens (including phenoxy) is 2. The van der Waals surface area contributed by atoms with E-state index >= 15 is 0 Å². The lowest BCUT2D eigenvalue weighted by Crippen LogP contribution is -2.07. The molecular formula is C27H23NO6. The summed E-state index contributed by atoms with van der Waals surface area (Å²) in [7, 11) is 0. The Morgan fingerprint density at radius 3 is 2.15 bits per heavy atom. The van der Waals surface area contributed by atoms with Gasteiger partial charge >= 0.3 is 11.9 Å². The first kappa shape index (κ1) is 22.9. The molecule has 1 heterocycles. The molecule has 0 N–H and O–H groups in total. The van der Waals surface area contributed by atoms with Crippen LogP contribution in [0, 0.1) is 0 Å². The number of carbonyl (C=O) groups is 3. The van der Waals surface area contributed by atoms with Crippen molar-refractivity contribution < 1.29 is 28.4 Å². The lowest BCUT2D eigenvalue weighted by Gasteiger charge is -2.09. The molecule has 4 rings (SSSR count). The normalized spacial score (nSPS) is 10.8. The van der Waals surface area contributed by atoms with Crippen molar-refractivity contribution in [2.75, 3.05) is 13.2 Å². The molecule has 1 aliphatic heterocycles. The number of aromatic nitrogens is 1. The first-order chi connectivity index (χ1) is 16.5. The van der Waals surface area contributed by atoms with Gasteiger partial charge in [0.05, 0.1) is 25.2 Å². The van der Waals surface area contributed by atoms with Crippen molar-refractivity contribution in [1.29, 1.82) is 0 Å². The average Bonchev–Trinajstić information content (AvgIpc) is 3.29. The summed E-state index contributed by atoms with van der Waals surface area (Å²) in [4.78, 5) is 36.7. The van der Waals surface area contributed by atoms with Crippen LogP contribution in [0.1, 0.15) is 45.7 Å². The zero-order valence-corrected chi connectivity index (χ0v) is 18.9. The van der Waals surface area contributed by atoms with Crippen LogP contribution in [0.25, 0.3) is 22.4 Å². The number of fused-ring (bicyclic) bond motifs is 1. The van der Waals surface area contributed by atoms with E-state index in [0.717, 1.165) is 16.7 Å². The molecule has 0 unspecified atom stereocenters. The van der Waals surface area contributed by atoms with E-state index in [2.05, 4.69) is 5.16 Å². The van der Waals surface area contributed by atoms with Crippen LogP contribution >= 0.6 is 0 Å². The Morgan fingerprint density at radius 2 is 1.47 bits per heavy atom. The highest BCUT2D eigenvalue weighted by Gasteiger charge is 2.22. The molecule has 2 aromatic rings. The third-order valence-corrected chi connectivity index (χ3v) is 5.35. The third-order valence-electron chi connectivity index (χ3n) is 5.35. The maximum Gasteiger partial charge on any atom is 0.338 e. The van der Waals surface area contributed by atoms with Gasteiger partial charge in [0.15, 0.2) is 5.78 Å². The van der Waals surface area contributed by atoms with Gasteiger partial charge in [-0.2, -0.15) is 0 Å². The van der Waals surface area contributed by atoms with E-state index in [4.69, 9.17) is 14.0 Å². The van der Waals surface area contributed by atoms with Crippen LogP contribution < -0.4 is 0 Å². The van der Waals surface area contributed by atoms with Gasteiger partial charge < -0.3 is 14.0 Å². The summed E-state index contributed by atoms with van der Waals surface area (Å²) in [5, 5.41) is 4.16. The second kappa shape index (κ2) is 10.1. The molecular weight excluding hydrogens is 434 g/mol. The number of rotatable bonds is 8. The van der Waals surface area contributed by atoms with Crippen molar-refractivity contribution in [1.82, 2.24) is 5.16 Å². The Kier molecular flexibility index (Phi) is 6.82. The summed E-state index contributed by atoms with van der Waals surface area (Å²) in [6, 6.07) is 17.3. The van der Waals surface area contributed by atoms with Crippen LogP contribution in [0.5, 0.6) is 0 Å². The minimum atomic E-state index is -0.428. The Morgan fingerprint density at radius 1 is 0.794 bits per heavy atom. The molecule has 0 radical (unpaired) electrons. The van der Waals surface area contributed by atoms with Crippen LogP contribution in [0.3, 0.4) is 0 Å². The molecule has 0 aromatic heterocycles. The summed E-state index contributed by atoms with van der Waals surface area (Å²) in [5.41, 5.74) is 4.94. The maximum absolute atomic E-state index is 13.2. The molecule has 0 amide bonds. The van der Waals surface area contributed by atoms with Gasteiger partial charge in [0, 0.05) is 27.8 Å². The quantitative estimate of drug-likeness (QED) is 0.273. The monoisotopic (exact) mass is 457 g/mol. The molecule has 172 valence electrons. The smallest absolute Gasteiger partial charge is 0.338 e. The van der Waals surface area contributed by atoms with Gasteiger partial charge in [-0.05, 0) is 37.6 Å². The van der Waals surface area contributed by atoms with Crippen molar-refractivity contribution in [3.05, 3.63) is 89.2 Å². The molecule has 34 heavy (non-hydrogen) atoms. The van der Waals surface area contributed by atoms with E-state index in [-0.39, 0.29) is 24.8 Å². The van der Waals surface area contributed by atoms with Crippen molar-refractivity contribution in [2.24, 2.45) is 0 Å². The van der Waals surface area contributed by atoms with E-state index in [1.807, 2.05) is 30.3 Å². The topological polar surface area (TPSA) is 95.7 Å². The summed E-state index contributed by atoms with van der Waals surface area (Å²) in [6.07, 6.45) is 1.65. The fraction of sp³-hybridized carbons (Fsp3) is 0.185. The summed E-state index contributed by atoms with van der Waals surface area (Å²) >= 11 is 0. The number of benzene rings is 2. The van der Waals surface area contributed by atoms with Gasteiger partial charge in [0.25, 0.3) is 0 Å². The van der Waals surface area contributed by atoms with Crippen molar-refractivity contribution in [3.63, 3.8) is 0 Å². The Balaban J connectivity index is 1.56. The van der Waals surface area contributed by atoms with E-state index in [0.29, 0.717) is 34.6 Å². The number of esters is 2. The predicted molar refractivity (Wildman–Crippen MR) is 125 cm³/mol. The highest BCUT2D eigenvalue weighted by atomic mass is 16.5. The van der Waals surface area contributed by atoms with Crippen LogP contribution in [0.2, 0.25) is 0 Å². The molecule has 2 aliphatic rings. The van der Waals surface area contributed by atoms with Gasteiger partial charge in [-0.25, -0.2) is 4.79 Å². The fourth-order valence-electron chi connectivity index (χ4n) is 3.70. The maximum atomic E-state index is 13.2. The largest absolute Gasteiger partial charge is 0.466 e. The first-order valence-electron chi connectivity index (χ1n) is 11.0. The van der Waals surface area contributed by atoms with Gasteiger partial charge in [0.2, 0.25) is 0 Å². The van der Waals surface area contributed by atoms with Crippen molar-refractivity contribution >= 4 is 17.7 Å². The Bertz CT molecular complexity index is 1290. The molecule has 2 aromatic carbocycles. The van der Waals surface area contributed by atoms with E-state index in [1.54, 1.807) is 44.2 Å². The zero-order valence-electron chi connectivity index (χ0n) is 18.9. The molecule has 0 fully saturated rings. The second-order valence-electron chi connectivity index (χ2n) is 7.54. The van der Waals surface area contributed by atoms with Gasteiger partial charge in [0.1, 0.15) is 12.0 Å². The van der Waals surface area contributed by atoms with Gasteiger partial charge in [-0.1, -0.05) is 47.6 Å². The number of ketones is 1. The van der Waals surface area contributed by atoms with Crippen LogP contribution in [0.4, 0.5) is 0 Å². The first-order valence-corrected chi connectivity index (χ1v) is 11.0. The predicted octanol–water partition coefficient (Wildman–Crippen LogP) is 4.96. The zero-order chi connectivity index (χ0) is 24.1. The minimum absolute atomic E-state index is 0.192. The molecule has 7 nitrogen and oxygen atoms in total. The Hall–Kier alpha value is -4.26. The lowest BCUT2D eigenvalue weighted by atomic mass is 9.97. The van der Waals surface area contributed by atoms with Gasteiger partial charge in [-0.15, -0.1) is 0 Å². The van der Waals surface area contributed by atoms with Crippen LogP contribution in [-0.4, -0.2) is 36.1 Å². The highest BCUT2D eigenvalue weighted by molar-refractivity contribution is 6.14. The lowest BCUT2D eigenvalue weighted by molar-refractivity contribution is -0.142. The third kappa shape index (κ3) is 4.73. The number of hydrogen-bond acceptors (Lipinski definition) is 7. The van der Waals surface area contributed by atoms with E-state index < -0.39 is 5.97 Å². The summed E-state index contributed by atoms with van der Waals surface area (Å²) in [6.45, 7) is 4.14. The van der Waals surface area contributed by atoms with Crippen LogP contribution in [0.15, 0.2) is 71.4 Å². The molecule has 0 spiro atoms. The van der Waals surface area contributed by atoms with Gasteiger partial charge in [-0.3, -0.25) is 9.59 Å². The fourth-order valence-corrected chi connectivity index (χ4v) is 3.70. The summed E-state index contributed by atoms with van der Waals surface area (Å²) in [5.74, 6) is -0.898. The molecule has 1 aliphatic carbocycles. The van der Waals surface area contributed by atoms with E-state index in [9.17, 15) is 14.4 Å². The molecule has 7 heteroatoms. The van der Waals surface area contributed by atoms with Crippen molar-refractivity contribution in [3.8, 4) is 22.4 Å². The number of nitrogens with zero attached hydrogens (tertiary/aromatic N) is 1. The highest BCUT2D eigenvalue weighted by Crippen LogP contribution is 2.36. The molecule has 0 atom stereocenters. The Labute approximate surface area is 196 Å². The minimum Gasteiger partial charge on any atom is -0.466 e. The molecule has 0 saturated carbocycles. The van der Waals surface area contributed by atoms with Crippen molar-refractivity contribution in [2.45, 2.75) is 20.3 Å². The SMILES string of the molecule is CCOC(=O)Cc1ccc(-c2nocc3c(C(=O)c4ccc(C(=O)OCC)cc4)ccc2-3)cc1. The standard InChI is InChI=1S/C27H23NO6/c1-3-32-24(29)15-17-5-7-18(8-6-17)25-21-13-14-22(23(21)16-34-28-25)26(30)19-9-11-20(12-10-19)27(31)33-4-2/h5-14,16H,3-4,15H2,1-2H3. The number of hydrogen-bond donors (Lipinski definition) is 0. The van der Waals surface area contributed by atoms with Crippen LogP contribution in [-0.2, 0) is 20.7 Å². The molecule has 0 bridgehead atoms. The second-order valence-corrected chi connectivity index (χ2v) is 7.54. The van der Waals surface area contributed by atoms with E-state index in [1.165, 1.54) is 6.26 Å². The summed E-state index contributed by atoms with van der Waals surface area (Å²) < 4.78 is 15.3. The average molecular weight is 457 g/mol. The number of carbonyl (C=O) groups excluding carboxylic acids is 3. The molecule has 0 saturated heterocycles.